The molecule has 184 valence electrons. The van der Waals surface area contributed by atoms with Crippen molar-refractivity contribution < 1.29 is 14.3 Å². The number of fused-ring (bicyclic) bond motifs is 1. The number of hydrogen-bond donors (Lipinski definition) is 0. The van der Waals surface area contributed by atoms with Gasteiger partial charge in [0.1, 0.15) is 12.4 Å². The van der Waals surface area contributed by atoms with Crippen LogP contribution in [0.25, 0.3) is 6.08 Å². The smallest absolute Gasteiger partial charge is 0.338 e. The quantitative estimate of drug-likeness (QED) is 0.364. The number of carbonyl (C=O) groups is 1. The molecule has 0 saturated carbocycles. The highest BCUT2D eigenvalue weighted by Gasteiger charge is 2.33. The Kier molecular flexibility index (Phi) is 7.56. The SMILES string of the molecule is C#CCOc1ccc(C=c2sc3n(c2=O)C(c2ccc(C(C)C)cc2)C(C(=O)OCC)=C(C)N=3)cc1. The fraction of sp³-hybridized carbons (Fsp3) is 0.276. The number of hydrogen-bond acceptors (Lipinski definition) is 6. The number of ether oxygens (including phenoxy) is 2. The summed E-state index contributed by atoms with van der Waals surface area (Å²) in [4.78, 5) is 31.9. The number of esters is 1. The molecule has 2 heterocycles. The Morgan fingerprint density at radius 2 is 1.89 bits per heavy atom. The Morgan fingerprint density at radius 3 is 2.50 bits per heavy atom. The molecule has 0 fully saturated rings. The molecule has 0 spiro atoms. The van der Waals surface area contributed by atoms with Crippen LogP contribution in [-0.4, -0.2) is 23.8 Å². The second-order valence-corrected chi connectivity index (χ2v) is 9.69. The van der Waals surface area contributed by atoms with E-state index in [-0.39, 0.29) is 18.8 Å². The van der Waals surface area contributed by atoms with Gasteiger partial charge in [0.25, 0.3) is 5.56 Å². The van der Waals surface area contributed by atoms with Crippen molar-refractivity contribution >= 4 is 23.4 Å². The molecule has 1 unspecified atom stereocenters. The van der Waals surface area contributed by atoms with Crippen LogP contribution in [0.3, 0.4) is 0 Å². The van der Waals surface area contributed by atoms with E-state index in [4.69, 9.17) is 15.9 Å². The zero-order valence-corrected chi connectivity index (χ0v) is 21.6. The van der Waals surface area contributed by atoms with Crippen molar-refractivity contribution in [3.05, 3.63) is 96.2 Å². The monoisotopic (exact) mass is 500 g/mol. The lowest BCUT2D eigenvalue weighted by Gasteiger charge is -2.25. The fourth-order valence-electron chi connectivity index (χ4n) is 4.11. The van der Waals surface area contributed by atoms with Gasteiger partial charge in [-0.15, -0.1) is 6.42 Å². The van der Waals surface area contributed by atoms with Crippen LogP contribution in [0.1, 0.15) is 56.3 Å². The number of nitrogens with zero attached hydrogens (tertiary/aromatic N) is 2. The van der Waals surface area contributed by atoms with E-state index in [1.807, 2.05) is 54.6 Å². The van der Waals surface area contributed by atoms with Crippen LogP contribution in [0.5, 0.6) is 5.75 Å². The maximum atomic E-state index is 13.7. The van der Waals surface area contributed by atoms with Crippen molar-refractivity contribution in [1.82, 2.24) is 4.57 Å². The molecule has 1 aromatic heterocycles. The molecule has 4 rings (SSSR count). The van der Waals surface area contributed by atoms with Gasteiger partial charge in [-0.3, -0.25) is 9.36 Å². The summed E-state index contributed by atoms with van der Waals surface area (Å²) < 4.78 is 12.9. The van der Waals surface area contributed by atoms with Crippen molar-refractivity contribution in [2.24, 2.45) is 4.99 Å². The number of thiazole rings is 1. The third-order valence-electron chi connectivity index (χ3n) is 5.94. The number of terminal acetylenes is 1. The topological polar surface area (TPSA) is 69.9 Å². The van der Waals surface area contributed by atoms with Crippen LogP contribution in [0, 0.1) is 12.3 Å². The van der Waals surface area contributed by atoms with E-state index in [1.54, 1.807) is 18.4 Å². The minimum atomic E-state index is -0.622. The normalized spacial score (nSPS) is 15.3. The Hall–Kier alpha value is -3.89. The molecule has 3 aromatic rings. The van der Waals surface area contributed by atoms with E-state index in [2.05, 4.69) is 24.8 Å². The molecule has 7 heteroatoms. The molecule has 36 heavy (non-hydrogen) atoms. The summed E-state index contributed by atoms with van der Waals surface area (Å²) >= 11 is 1.30. The molecule has 0 amide bonds. The Morgan fingerprint density at radius 1 is 1.19 bits per heavy atom. The first-order valence-electron chi connectivity index (χ1n) is 11.8. The highest BCUT2D eigenvalue weighted by atomic mass is 32.1. The van der Waals surface area contributed by atoms with Gasteiger partial charge in [-0.2, -0.15) is 0 Å². The molecule has 6 nitrogen and oxygen atoms in total. The average Bonchev–Trinajstić information content (AvgIpc) is 3.17. The van der Waals surface area contributed by atoms with Gasteiger partial charge in [-0.25, -0.2) is 9.79 Å². The Bertz CT molecular complexity index is 1520. The molecule has 0 aliphatic carbocycles. The van der Waals surface area contributed by atoms with E-state index in [1.165, 1.54) is 16.9 Å². The van der Waals surface area contributed by atoms with Gasteiger partial charge < -0.3 is 9.47 Å². The number of benzene rings is 2. The number of rotatable bonds is 7. The minimum absolute atomic E-state index is 0.193. The summed E-state index contributed by atoms with van der Waals surface area (Å²) in [7, 11) is 0. The van der Waals surface area contributed by atoms with Crippen LogP contribution < -0.4 is 19.6 Å². The molecular weight excluding hydrogens is 472 g/mol. The number of aromatic nitrogens is 1. The van der Waals surface area contributed by atoms with Gasteiger partial charge in [0.15, 0.2) is 4.80 Å². The van der Waals surface area contributed by atoms with Gasteiger partial charge in [0.2, 0.25) is 0 Å². The standard InChI is InChI=1S/C29H28N2O4S/c1-6-16-35-23-14-8-20(9-15-23)17-24-27(32)31-26(22-12-10-21(11-13-22)18(3)4)25(28(33)34-7-2)19(5)30-29(31)36-24/h1,8-15,17-18,26H,7,16H2,2-5H3. The van der Waals surface area contributed by atoms with E-state index in [9.17, 15) is 9.59 Å². The lowest BCUT2D eigenvalue weighted by Crippen LogP contribution is -2.39. The molecule has 2 aromatic carbocycles. The van der Waals surface area contributed by atoms with Crippen molar-refractivity contribution in [1.29, 1.82) is 0 Å². The van der Waals surface area contributed by atoms with Crippen molar-refractivity contribution in [3.8, 4) is 18.1 Å². The summed E-state index contributed by atoms with van der Waals surface area (Å²) in [5, 5.41) is 0. The molecule has 0 radical (unpaired) electrons. The van der Waals surface area contributed by atoms with Gasteiger partial charge in [0.05, 0.1) is 28.5 Å². The molecular formula is C29H28N2O4S. The Balaban J connectivity index is 1.84. The van der Waals surface area contributed by atoms with Crippen molar-refractivity contribution in [2.45, 2.75) is 39.7 Å². The zero-order chi connectivity index (χ0) is 25.8. The average molecular weight is 501 g/mol. The predicted octanol–water partition coefficient (Wildman–Crippen LogP) is 3.93. The second-order valence-electron chi connectivity index (χ2n) is 8.69. The maximum absolute atomic E-state index is 13.7. The Labute approximate surface area is 214 Å². The lowest BCUT2D eigenvalue weighted by molar-refractivity contribution is -0.139. The van der Waals surface area contributed by atoms with E-state index < -0.39 is 12.0 Å². The minimum Gasteiger partial charge on any atom is -0.481 e. The van der Waals surface area contributed by atoms with Gasteiger partial charge in [-0.1, -0.05) is 67.5 Å². The zero-order valence-electron chi connectivity index (χ0n) is 20.8. The molecule has 0 bridgehead atoms. The van der Waals surface area contributed by atoms with Crippen LogP contribution >= 0.6 is 11.3 Å². The summed E-state index contributed by atoms with van der Waals surface area (Å²) in [5.74, 6) is 3.00. The van der Waals surface area contributed by atoms with E-state index in [0.717, 1.165) is 11.1 Å². The summed E-state index contributed by atoms with van der Waals surface area (Å²) in [6, 6.07) is 14.8. The summed E-state index contributed by atoms with van der Waals surface area (Å²) in [5.41, 5.74) is 3.57. The number of allylic oxidation sites excluding steroid dienone is 1. The van der Waals surface area contributed by atoms with Gasteiger partial charge >= 0.3 is 5.97 Å². The highest BCUT2D eigenvalue weighted by molar-refractivity contribution is 7.07. The third-order valence-corrected chi connectivity index (χ3v) is 6.92. The summed E-state index contributed by atoms with van der Waals surface area (Å²) in [6.07, 6.45) is 7.06. The molecule has 0 N–H and O–H groups in total. The van der Waals surface area contributed by atoms with E-state index in [0.29, 0.717) is 32.3 Å². The fourth-order valence-corrected chi connectivity index (χ4v) is 5.15. The third kappa shape index (κ3) is 5.05. The van der Waals surface area contributed by atoms with Crippen molar-refractivity contribution in [2.75, 3.05) is 13.2 Å². The van der Waals surface area contributed by atoms with Gasteiger partial charge in [-0.05, 0) is 54.7 Å². The number of carbonyl (C=O) groups excluding carboxylic acids is 1. The lowest BCUT2D eigenvalue weighted by atomic mass is 9.93. The maximum Gasteiger partial charge on any atom is 0.338 e. The molecule has 1 atom stereocenters. The molecule has 0 saturated heterocycles. The second kappa shape index (κ2) is 10.8. The van der Waals surface area contributed by atoms with Crippen molar-refractivity contribution in [3.63, 3.8) is 0 Å². The highest BCUT2D eigenvalue weighted by Crippen LogP contribution is 2.31. The first-order chi connectivity index (χ1) is 17.3. The van der Waals surface area contributed by atoms with Crippen LogP contribution in [0.4, 0.5) is 0 Å². The largest absolute Gasteiger partial charge is 0.481 e. The van der Waals surface area contributed by atoms with E-state index >= 15 is 0 Å². The van der Waals surface area contributed by atoms with Crippen LogP contribution in [-0.2, 0) is 9.53 Å². The van der Waals surface area contributed by atoms with Crippen LogP contribution in [0.2, 0.25) is 0 Å². The first kappa shape index (κ1) is 25.2. The van der Waals surface area contributed by atoms with Crippen LogP contribution in [0.15, 0.2) is 69.6 Å². The molecule has 1 aliphatic rings. The molecule has 1 aliphatic heterocycles. The predicted molar refractivity (Wildman–Crippen MR) is 142 cm³/mol. The van der Waals surface area contributed by atoms with Gasteiger partial charge in [0, 0.05) is 0 Å². The first-order valence-corrected chi connectivity index (χ1v) is 12.6. The summed E-state index contributed by atoms with van der Waals surface area (Å²) in [6.45, 7) is 8.23.